The molecule has 0 spiro atoms. The average molecular weight is 392 g/mol. The molecule has 1 atom stereocenters. The normalized spacial score (nSPS) is 15.2. The van der Waals surface area contributed by atoms with Gasteiger partial charge in [-0.25, -0.2) is 4.68 Å². The molecule has 1 aliphatic heterocycles. The van der Waals surface area contributed by atoms with Crippen molar-refractivity contribution in [1.82, 2.24) is 24.9 Å². The lowest BCUT2D eigenvalue weighted by Crippen LogP contribution is -2.52. The number of nitrogens with zero attached hydrogens (tertiary/aromatic N) is 6. The van der Waals surface area contributed by atoms with E-state index in [-0.39, 0.29) is 5.91 Å². The number of para-hydroxylation sites is 1. The van der Waals surface area contributed by atoms with E-state index in [2.05, 4.69) is 20.2 Å². The SMILES string of the molecule is Cc1ccn(-c2ccc(N3CCN(C(=O)[C@H](C)Oc4ccccc4)CC3)nn2)n1. The Labute approximate surface area is 169 Å². The second-order valence-electron chi connectivity index (χ2n) is 7.04. The molecule has 0 saturated carbocycles. The lowest BCUT2D eigenvalue weighted by atomic mass is 10.2. The summed E-state index contributed by atoms with van der Waals surface area (Å²) in [4.78, 5) is 16.7. The van der Waals surface area contributed by atoms with Crippen LogP contribution >= 0.6 is 0 Å². The van der Waals surface area contributed by atoms with Gasteiger partial charge < -0.3 is 14.5 Å². The molecule has 0 radical (unpaired) electrons. The molecule has 0 aliphatic carbocycles. The largest absolute Gasteiger partial charge is 0.481 e. The van der Waals surface area contributed by atoms with Crippen molar-refractivity contribution in [3.05, 3.63) is 60.4 Å². The fourth-order valence-electron chi connectivity index (χ4n) is 3.32. The van der Waals surface area contributed by atoms with Crippen molar-refractivity contribution in [2.75, 3.05) is 31.1 Å². The highest BCUT2D eigenvalue weighted by atomic mass is 16.5. The van der Waals surface area contributed by atoms with Gasteiger partial charge in [0.1, 0.15) is 5.75 Å². The summed E-state index contributed by atoms with van der Waals surface area (Å²) in [5.41, 5.74) is 0.933. The van der Waals surface area contributed by atoms with Crippen molar-refractivity contribution >= 4 is 11.7 Å². The molecule has 1 fully saturated rings. The summed E-state index contributed by atoms with van der Waals surface area (Å²) < 4.78 is 7.47. The van der Waals surface area contributed by atoms with Crippen LogP contribution in [0.2, 0.25) is 0 Å². The number of hydrogen-bond acceptors (Lipinski definition) is 6. The number of rotatable bonds is 5. The Morgan fingerprint density at radius 1 is 0.966 bits per heavy atom. The zero-order chi connectivity index (χ0) is 20.2. The summed E-state index contributed by atoms with van der Waals surface area (Å²) in [6, 6.07) is 15.2. The topological polar surface area (TPSA) is 76.4 Å². The van der Waals surface area contributed by atoms with E-state index in [0.717, 1.165) is 11.5 Å². The van der Waals surface area contributed by atoms with Crippen molar-refractivity contribution in [3.8, 4) is 11.6 Å². The first-order valence-electron chi connectivity index (χ1n) is 9.72. The minimum atomic E-state index is -0.513. The maximum absolute atomic E-state index is 12.7. The van der Waals surface area contributed by atoms with Gasteiger partial charge in [-0.15, -0.1) is 10.2 Å². The Kier molecular flexibility index (Phi) is 5.41. The van der Waals surface area contributed by atoms with E-state index in [1.165, 1.54) is 0 Å². The van der Waals surface area contributed by atoms with Gasteiger partial charge in [0, 0.05) is 32.4 Å². The monoisotopic (exact) mass is 392 g/mol. The zero-order valence-corrected chi connectivity index (χ0v) is 16.6. The highest BCUT2D eigenvalue weighted by Gasteiger charge is 2.26. The molecule has 29 heavy (non-hydrogen) atoms. The molecule has 0 unspecified atom stereocenters. The lowest BCUT2D eigenvalue weighted by Gasteiger charge is -2.36. The molecule has 1 aromatic carbocycles. The zero-order valence-electron chi connectivity index (χ0n) is 16.6. The van der Waals surface area contributed by atoms with Crippen molar-refractivity contribution in [2.45, 2.75) is 20.0 Å². The van der Waals surface area contributed by atoms with Gasteiger partial charge in [0.25, 0.3) is 5.91 Å². The summed E-state index contributed by atoms with van der Waals surface area (Å²) >= 11 is 0. The minimum absolute atomic E-state index is 0.00369. The predicted molar refractivity (Wildman–Crippen MR) is 109 cm³/mol. The van der Waals surface area contributed by atoms with Crippen LogP contribution in [-0.2, 0) is 4.79 Å². The molecule has 3 heterocycles. The molecule has 3 aromatic rings. The fraction of sp³-hybridized carbons (Fsp3) is 0.333. The molecule has 8 heteroatoms. The smallest absolute Gasteiger partial charge is 0.263 e. The number of ether oxygens (including phenoxy) is 1. The third-order valence-electron chi connectivity index (χ3n) is 4.91. The summed E-state index contributed by atoms with van der Waals surface area (Å²) in [6.45, 7) is 6.40. The molecular formula is C21H24N6O2. The van der Waals surface area contributed by atoms with Gasteiger partial charge >= 0.3 is 0 Å². The number of carbonyl (C=O) groups excluding carboxylic acids is 1. The van der Waals surface area contributed by atoms with Crippen LogP contribution in [0.1, 0.15) is 12.6 Å². The molecule has 150 valence electrons. The lowest BCUT2D eigenvalue weighted by molar-refractivity contribution is -0.138. The minimum Gasteiger partial charge on any atom is -0.481 e. The Hall–Kier alpha value is -3.42. The fourth-order valence-corrected chi connectivity index (χ4v) is 3.32. The molecule has 1 amide bonds. The van der Waals surface area contributed by atoms with Crippen molar-refractivity contribution < 1.29 is 9.53 Å². The number of amides is 1. The van der Waals surface area contributed by atoms with Crippen LogP contribution in [0.3, 0.4) is 0 Å². The standard InChI is InChI=1S/C21H24N6O2/c1-16-10-11-27(24-16)20-9-8-19(22-23-20)25-12-14-26(15-13-25)21(28)17(2)29-18-6-4-3-5-7-18/h3-11,17H,12-15H2,1-2H3/t17-/m0/s1. The number of aryl methyl sites for hydroxylation is 1. The maximum Gasteiger partial charge on any atom is 0.263 e. The van der Waals surface area contributed by atoms with Gasteiger partial charge in [0.2, 0.25) is 0 Å². The van der Waals surface area contributed by atoms with E-state index in [0.29, 0.717) is 37.7 Å². The number of hydrogen-bond donors (Lipinski definition) is 0. The van der Waals surface area contributed by atoms with Gasteiger partial charge in [0.15, 0.2) is 17.7 Å². The van der Waals surface area contributed by atoms with Gasteiger partial charge in [0.05, 0.1) is 5.69 Å². The Balaban J connectivity index is 1.32. The van der Waals surface area contributed by atoms with Crippen LogP contribution in [0.15, 0.2) is 54.7 Å². The number of anilines is 1. The average Bonchev–Trinajstić information content (AvgIpc) is 3.20. The predicted octanol–water partition coefficient (Wildman–Crippen LogP) is 2.09. The summed E-state index contributed by atoms with van der Waals surface area (Å²) in [7, 11) is 0. The maximum atomic E-state index is 12.7. The van der Waals surface area contributed by atoms with Gasteiger partial charge in [-0.05, 0) is 44.2 Å². The highest BCUT2D eigenvalue weighted by Crippen LogP contribution is 2.16. The van der Waals surface area contributed by atoms with E-state index >= 15 is 0 Å². The third kappa shape index (κ3) is 4.37. The number of benzene rings is 1. The molecule has 1 aliphatic rings. The molecule has 1 saturated heterocycles. The van der Waals surface area contributed by atoms with Crippen LogP contribution < -0.4 is 9.64 Å². The Morgan fingerprint density at radius 3 is 2.28 bits per heavy atom. The molecular weight excluding hydrogens is 368 g/mol. The first-order valence-corrected chi connectivity index (χ1v) is 9.72. The van der Waals surface area contributed by atoms with Gasteiger partial charge in [-0.1, -0.05) is 18.2 Å². The van der Waals surface area contributed by atoms with Crippen LogP contribution in [-0.4, -0.2) is 63.1 Å². The van der Waals surface area contributed by atoms with E-state index in [4.69, 9.17) is 4.74 Å². The van der Waals surface area contributed by atoms with Gasteiger partial charge in [-0.2, -0.15) is 5.10 Å². The first-order chi connectivity index (χ1) is 14.1. The second kappa shape index (κ2) is 8.30. The van der Waals surface area contributed by atoms with Crippen molar-refractivity contribution in [3.63, 3.8) is 0 Å². The van der Waals surface area contributed by atoms with E-state index in [1.807, 2.05) is 66.6 Å². The molecule has 0 N–H and O–H groups in total. The summed E-state index contributed by atoms with van der Waals surface area (Å²) in [5.74, 6) is 2.19. The van der Waals surface area contributed by atoms with Gasteiger partial charge in [-0.3, -0.25) is 4.79 Å². The van der Waals surface area contributed by atoms with E-state index < -0.39 is 6.10 Å². The number of aromatic nitrogens is 4. The number of piperazine rings is 1. The molecule has 8 nitrogen and oxygen atoms in total. The second-order valence-corrected chi connectivity index (χ2v) is 7.04. The van der Waals surface area contributed by atoms with E-state index in [1.54, 1.807) is 11.6 Å². The third-order valence-corrected chi connectivity index (χ3v) is 4.91. The van der Waals surface area contributed by atoms with Crippen LogP contribution in [0.25, 0.3) is 5.82 Å². The molecule has 2 aromatic heterocycles. The molecule has 4 rings (SSSR count). The summed E-state index contributed by atoms with van der Waals surface area (Å²) in [5, 5.41) is 13.0. The quantitative estimate of drug-likeness (QED) is 0.662. The van der Waals surface area contributed by atoms with E-state index in [9.17, 15) is 4.79 Å². The number of carbonyl (C=O) groups is 1. The van der Waals surface area contributed by atoms with Crippen LogP contribution in [0.5, 0.6) is 5.75 Å². The highest BCUT2D eigenvalue weighted by molar-refractivity contribution is 5.81. The first kappa shape index (κ1) is 18.9. The summed E-state index contributed by atoms with van der Waals surface area (Å²) in [6.07, 6.45) is 1.35. The van der Waals surface area contributed by atoms with Crippen LogP contribution in [0.4, 0.5) is 5.82 Å². The van der Waals surface area contributed by atoms with Crippen molar-refractivity contribution in [1.29, 1.82) is 0 Å². The molecule has 0 bridgehead atoms. The van der Waals surface area contributed by atoms with Crippen LogP contribution in [0, 0.1) is 6.92 Å². The van der Waals surface area contributed by atoms with Crippen molar-refractivity contribution in [2.24, 2.45) is 0 Å². The Bertz CT molecular complexity index is 949. The Morgan fingerprint density at radius 2 is 1.66 bits per heavy atom.